The van der Waals surface area contributed by atoms with Gasteiger partial charge in [-0.25, -0.2) is 4.39 Å². The molecule has 1 aromatic heterocycles. The number of ether oxygens (including phenoxy) is 2. The van der Waals surface area contributed by atoms with Crippen LogP contribution in [0.1, 0.15) is 21.6 Å². The van der Waals surface area contributed by atoms with Gasteiger partial charge in [0.1, 0.15) is 29.7 Å². The first-order chi connectivity index (χ1) is 15.8. The van der Waals surface area contributed by atoms with E-state index in [-0.39, 0.29) is 12.4 Å². The summed E-state index contributed by atoms with van der Waals surface area (Å²) in [6.07, 6.45) is -3.92. The van der Waals surface area contributed by atoms with Gasteiger partial charge in [-0.15, -0.1) is 11.3 Å². The monoisotopic (exact) mass is 472 g/mol. The zero-order valence-corrected chi connectivity index (χ0v) is 18.8. The van der Waals surface area contributed by atoms with Crippen LogP contribution < -0.4 is 0 Å². The molecule has 174 valence electrons. The van der Waals surface area contributed by atoms with Crippen molar-refractivity contribution in [1.29, 1.82) is 0 Å². The highest BCUT2D eigenvalue weighted by molar-refractivity contribution is 7.15. The van der Waals surface area contributed by atoms with Crippen molar-refractivity contribution in [3.8, 4) is 10.4 Å². The lowest BCUT2D eigenvalue weighted by atomic mass is 9.83. The average molecular weight is 473 g/mol. The van der Waals surface area contributed by atoms with Gasteiger partial charge in [0.15, 0.2) is 0 Å². The van der Waals surface area contributed by atoms with E-state index in [1.807, 2.05) is 31.2 Å². The number of aryl methyl sites for hydroxylation is 1. The van der Waals surface area contributed by atoms with Crippen LogP contribution in [0.25, 0.3) is 10.4 Å². The lowest BCUT2D eigenvalue weighted by Gasteiger charge is -2.46. The fourth-order valence-electron chi connectivity index (χ4n) is 4.58. The summed E-state index contributed by atoms with van der Waals surface area (Å²) >= 11 is 1.61. The summed E-state index contributed by atoms with van der Waals surface area (Å²) in [6.45, 7) is 1.27. The van der Waals surface area contributed by atoms with E-state index in [0.29, 0.717) is 12.0 Å². The van der Waals surface area contributed by atoms with Crippen LogP contribution >= 0.6 is 11.3 Å². The third kappa shape index (κ3) is 3.63. The maximum atomic E-state index is 13.2. The summed E-state index contributed by atoms with van der Waals surface area (Å²) in [5.41, 5.74) is 1.97. The molecule has 2 saturated heterocycles. The van der Waals surface area contributed by atoms with Crippen LogP contribution in [0.3, 0.4) is 0 Å². The first kappa shape index (κ1) is 22.6. The first-order valence-corrected chi connectivity index (χ1v) is 11.5. The van der Waals surface area contributed by atoms with Crippen molar-refractivity contribution in [2.45, 2.75) is 43.0 Å². The lowest BCUT2D eigenvalue weighted by molar-refractivity contribution is -0.329. The lowest BCUT2D eigenvalue weighted by Crippen LogP contribution is -2.65. The Labute approximate surface area is 194 Å². The van der Waals surface area contributed by atoms with Crippen molar-refractivity contribution in [1.82, 2.24) is 0 Å². The van der Waals surface area contributed by atoms with Gasteiger partial charge in [0.05, 0.1) is 13.2 Å². The van der Waals surface area contributed by atoms with Gasteiger partial charge in [-0.2, -0.15) is 0 Å². The van der Waals surface area contributed by atoms with Gasteiger partial charge in [-0.3, -0.25) is 0 Å². The van der Waals surface area contributed by atoms with Gasteiger partial charge in [0.2, 0.25) is 5.79 Å². The molecule has 6 nitrogen and oxygen atoms in total. The van der Waals surface area contributed by atoms with Crippen LogP contribution in [0.2, 0.25) is 0 Å². The van der Waals surface area contributed by atoms with Crippen molar-refractivity contribution in [3.05, 3.63) is 82.0 Å². The van der Waals surface area contributed by atoms with Gasteiger partial charge >= 0.3 is 0 Å². The molecule has 3 heterocycles. The SMILES string of the molecule is Cc1ccc([C@]23OC[C@](CO)(O2)[C@@H](O)[C@H](O)[C@H]3O)cc1Cc1ccc(-c2ccc(F)cc2)s1. The highest BCUT2D eigenvalue weighted by Crippen LogP contribution is 2.49. The second kappa shape index (κ2) is 8.25. The van der Waals surface area contributed by atoms with Crippen LogP contribution in [-0.4, -0.2) is 57.6 Å². The van der Waals surface area contributed by atoms with Crippen LogP contribution in [-0.2, 0) is 21.7 Å². The summed E-state index contributed by atoms with van der Waals surface area (Å²) in [6, 6.07) is 15.9. The van der Waals surface area contributed by atoms with Gasteiger partial charge in [-0.1, -0.05) is 24.3 Å². The number of fused-ring (bicyclic) bond motifs is 2. The van der Waals surface area contributed by atoms with Crippen LogP contribution in [0, 0.1) is 12.7 Å². The molecule has 3 aromatic rings. The number of aliphatic hydroxyl groups is 4. The molecular formula is C25H25FO6S. The zero-order valence-electron chi connectivity index (χ0n) is 17.9. The Hall–Kier alpha value is -2.17. The standard InChI is InChI=1S/C25H25FO6S/c1-14-2-5-17(25-23(30)21(28)22(29)24(12-27,32-25)13-31-25)10-16(14)11-19-8-9-20(33-19)15-3-6-18(26)7-4-15/h2-10,21-23,27-30H,11-13H2,1H3/t21-,22-,23+,24-,25-/m0/s1. The van der Waals surface area contributed by atoms with Crippen molar-refractivity contribution in [2.24, 2.45) is 0 Å². The van der Waals surface area contributed by atoms with E-state index in [1.165, 1.54) is 12.1 Å². The van der Waals surface area contributed by atoms with E-state index in [0.717, 1.165) is 26.4 Å². The molecule has 0 saturated carbocycles. The fraction of sp³-hybridized carbons (Fsp3) is 0.360. The third-order valence-electron chi connectivity index (χ3n) is 6.64. The normalized spacial score (nSPS) is 31.2. The maximum Gasteiger partial charge on any atom is 0.225 e. The predicted molar refractivity (Wildman–Crippen MR) is 120 cm³/mol. The summed E-state index contributed by atoms with van der Waals surface area (Å²) in [5.74, 6) is -1.95. The summed E-state index contributed by atoms with van der Waals surface area (Å²) in [4.78, 5) is 2.14. The first-order valence-electron chi connectivity index (χ1n) is 10.7. The average Bonchev–Trinajstić information content (AvgIpc) is 3.44. The molecule has 2 aliphatic heterocycles. The van der Waals surface area contributed by atoms with E-state index < -0.39 is 36.3 Å². The molecule has 0 radical (unpaired) electrons. The molecule has 0 aliphatic carbocycles. The van der Waals surface area contributed by atoms with Crippen LogP contribution in [0.5, 0.6) is 0 Å². The van der Waals surface area contributed by atoms with E-state index >= 15 is 0 Å². The number of benzene rings is 2. The highest BCUT2D eigenvalue weighted by Gasteiger charge is 2.67. The van der Waals surface area contributed by atoms with Crippen molar-refractivity contribution >= 4 is 11.3 Å². The molecular weight excluding hydrogens is 447 g/mol. The van der Waals surface area contributed by atoms with Crippen molar-refractivity contribution < 1.29 is 34.3 Å². The van der Waals surface area contributed by atoms with E-state index in [9.17, 15) is 24.8 Å². The van der Waals surface area contributed by atoms with Gasteiger partial charge in [0, 0.05) is 21.7 Å². The van der Waals surface area contributed by atoms with Crippen molar-refractivity contribution in [3.63, 3.8) is 0 Å². The van der Waals surface area contributed by atoms with E-state index in [4.69, 9.17) is 9.47 Å². The topological polar surface area (TPSA) is 99.4 Å². The fourth-order valence-corrected chi connectivity index (χ4v) is 5.62. The Balaban J connectivity index is 1.45. The Morgan fingerprint density at radius 1 is 1.03 bits per heavy atom. The molecule has 2 fully saturated rings. The van der Waals surface area contributed by atoms with Crippen LogP contribution in [0.15, 0.2) is 54.6 Å². The van der Waals surface area contributed by atoms with Gasteiger partial charge in [0.25, 0.3) is 0 Å². The predicted octanol–water partition coefficient (Wildman–Crippen LogP) is 2.48. The second-order valence-corrected chi connectivity index (χ2v) is 9.92. The Bertz CT molecular complexity index is 1160. The molecule has 5 atom stereocenters. The molecule has 33 heavy (non-hydrogen) atoms. The molecule has 5 rings (SSSR count). The summed E-state index contributed by atoms with van der Waals surface area (Å²) < 4.78 is 25.0. The number of hydrogen-bond donors (Lipinski definition) is 4. The minimum atomic E-state index is -1.68. The van der Waals surface area contributed by atoms with E-state index in [1.54, 1.807) is 29.5 Å². The largest absolute Gasteiger partial charge is 0.393 e. The van der Waals surface area contributed by atoms with Crippen LogP contribution in [0.4, 0.5) is 4.39 Å². The second-order valence-electron chi connectivity index (χ2n) is 8.75. The Morgan fingerprint density at radius 2 is 1.79 bits per heavy atom. The molecule has 2 bridgehead atoms. The van der Waals surface area contributed by atoms with Gasteiger partial charge < -0.3 is 29.9 Å². The smallest absolute Gasteiger partial charge is 0.225 e. The molecule has 2 aromatic carbocycles. The maximum absolute atomic E-state index is 13.2. The zero-order chi connectivity index (χ0) is 23.4. The molecule has 0 spiro atoms. The van der Waals surface area contributed by atoms with Crippen molar-refractivity contribution in [2.75, 3.05) is 13.2 Å². The summed E-state index contributed by atoms with van der Waals surface area (Å²) in [5, 5.41) is 41.4. The minimum absolute atomic E-state index is 0.159. The molecule has 2 aliphatic rings. The number of halogens is 1. The quantitative estimate of drug-likeness (QED) is 0.456. The third-order valence-corrected chi connectivity index (χ3v) is 7.77. The summed E-state index contributed by atoms with van der Waals surface area (Å²) in [7, 11) is 0. The molecule has 0 amide bonds. The molecule has 4 N–H and O–H groups in total. The number of hydrogen-bond acceptors (Lipinski definition) is 7. The minimum Gasteiger partial charge on any atom is -0.393 e. The highest BCUT2D eigenvalue weighted by atomic mass is 32.1. The number of rotatable bonds is 5. The number of thiophene rings is 1. The Morgan fingerprint density at radius 3 is 2.52 bits per heavy atom. The van der Waals surface area contributed by atoms with E-state index in [2.05, 4.69) is 0 Å². The Kier molecular flexibility index (Phi) is 5.65. The number of aliphatic hydroxyl groups excluding tert-OH is 4. The van der Waals surface area contributed by atoms with Gasteiger partial charge in [-0.05, 0) is 53.9 Å². The molecule has 8 heteroatoms. The molecule has 0 unspecified atom stereocenters.